The predicted octanol–water partition coefficient (Wildman–Crippen LogP) is 3.03. The average Bonchev–Trinajstić information content (AvgIpc) is 3.37. The van der Waals surface area contributed by atoms with Crippen molar-refractivity contribution >= 4 is 11.8 Å². The normalized spacial score (nSPS) is 10.6. The van der Waals surface area contributed by atoms with E-state index in [0.29, 0.717) is 18.7 Å². The molecular weight excluding hydrogens is 430 g/mol. The number of benzene rings is 3. The molecule has 0 radical (unpaired) electrons. The molecule has 1 aromatic heterocycles. The number of hydrogen-bond donors (Lipinski definition) is 1. The van der Waals surface area contributed by atoms with Crippen molar-refractivity contribution in [3.05, 3.63) is 114 Å². The van der Waals surface area contributed by atoms with Gasteiger partial charge >= 0.3 is 0 Å². The van der Waals surface area contributed by atoms with Crippen molar-refractivity contribution < 1.29 is 14.3 Å². The lowest BCUT2D eigenvalue weighted by Crippen LogP contribution is -2.38. The van der Waals surface area contributed by atoms with Crippen molar-refractivity contribution in [3.63, 3.8) is 0 Å². The maximum Gasteiger partial charge on any atom is 0.254 e. The van der Waals surface area contributed by atoms with Crippen molar-refractivity contribution in [2.45, 2.75) is 19.7 Å². The van der Waals surface area contributed by atoms with Crippen LogP contribution in [-0.2, 0) is 24.5 Å². The smallest absolute Gasteiger partial charge is 0.254 e. The molecule has 0 spiro atoms. The van der Waals surface area contributed by atoms with E-state index in [0.717, 1.165) is 22.4 Å². The third kappa shape index (κ3) is 6.29. The zero-order valence-corrected chi connectivity index (χ0v) is 18.6. The highest BCUT2D eigenvalue weighted by atomic mass is 16.5. The summed E-state index contributed by atoms with van der Waals surface area (Å²) in [7, 11) is 0. The quantitative estimate of drug-likeness (QED) is 0.396. The molecule has 0 bridgehead atoms. The van der Waals surface area contributed by atoms with Crippen LogP contribution in [-0.4, -0.2) is 38.0 Å². The maximum atomic E-state index is 13.1. The molecule has 1 heterocycles. The second kappa shape index (κ2) is 10.9. The van der Waals surface area contributed by atoms with Gasteiger partial charge in [0.15, 0.2) is 0 Å². The second-order valence-corrected chi connectivity index (χ2v) is 7.84. The number of primary amides is 1. The number of rotatable bonds is 10. The molecule has 8 nitrogen and oxygen atoms in total. The highest BCUT2D eigenvalue weighted by Gasteiger charge is 2.18. The van der Waals surface area contributed by atoms with Crippen molar-refractivity contribution in [3.8, 4) is 5.75 Å². The molecule has 0 aliphatic carbocycles. The number of nitrogens with zero attached hydrogens (tertiary/aromatic N) is 4. The average molecular weight is 456 g/mol. The summed E-state index contributed by atoms with van der Waals surface area (Å²) < 4.78 is 7.52. The SMILES string of the molecule is NC(=O)CN(Cc1ccc(OCc2ccccc2)cc1)C(=O)c1ccc(Cn2cncn2)cc1. The molecule has 34 heavy (non-hydrogen) atoms. The molecule has 0 aliphatic rings. The molecule has 172 valence electrons. The first kappa shape index (κ1) is 22.7. The summed E-state index contributed by atoms with van der Waals surface area (Å²) >= 11 is 0. The van der Waals surface area contributed by atoms with Gasteiger partial charge in [0.1, 0.15) is 25.0 Å². The third-order valence-corrected chi connectivity index (χ3v) is 5.19. The molecule has 4 aromatic rings. The summed E-state index contributed by atoms with van der Waals surface area (Å²) in [4.78, 5) is 30.1. The Balaban J connectivity index is 1.40. The lowest BCUT2D eigenvalue weighted by molar-refractivity contribution is -0.118. The van der Waals surface area contributed by atoms with Crippen molar-refractivity contribution in [1.29, 1.82) is 0 Å². The van der Waals surface area contributed by atoms with Crippen LogP contribution >= 0.6 is 0 Å². The molecule has 0 unspecified atom stereocenters. The second-order valence-electron chi connectivity index (χ2n) is 7.84. The first-order chi connectivity index (χ1) is 16.6. The number of carbonyl (C=O) groups is 2. The molecule has 0 saturated carbocycles. The summed E-state index contributed by atoms with van der Waals surface area (Å²) in [6, 6.07) is 24.6. The van der Waals surface area contributed by atoms with Crippen LogP contribution in [0.15, 0.2) is 91.5 Å². The van der Waals surface area contributed by atoms with E-state index in [9.17, 15) is 9.59 Å². The molecule has 0 fully saturated rings. The lowest BCUT2D eigenvalue weighted by atomic mass is 10.1. The Morgan fingerprint density at radius 2 is 1.59 bits per heavy atom. The summed E-state index contributed by atoms with van der Waals surface area (Å²) in [6.45, 7) is 1.10. The Morgan fingerprint density at radius 3 is 2.24 bits per heavy atom. The van der Waals surface area contributed by atoms with E-state index in [-0.39, 0.29) is 19.0 Å². The molecule has 2 N–H and O–H groups in total. The van der Waals surface area contributed by atoms with Gasteiger partial charge in [-0.3, -0.25) is 9.59 Å². The van der Waals surface area contributed by atoms with Crippen LogP contribution in [0, 0.1) is 0 Å². The summed E-state index contributed by atoms with van der Waals surface area (Å²) in [5.74, 6) is -0.113. The van der Waals surface area contributed by atoms with Gasteiger partial charge in [-0.1, -0.05) is 54.6 Å². The Labute approximate surface area is 197 Å². The van der Waals surface area contributed by atoms with Crippen molar-refractivity contribution in [1.82, 2.24) is 19.7 Å². The first-order valence-electron chi connectivity index (χ1n) is 10.8. The molecule has 8 heteroatoms. The molecule has 4 rings (SSSR count). The monoisotopic (exact) mass is 455 g/mol. The highest BCUT2D eigenvalue weighted by molar-refractivity contribution is 5.96. The number of amides is 2. The number of aromatic nitrogens is 3. The molecule has 0 atom stereocenters. The van der Waals surface area contributed by atoms with E-state index in [4.69, 9.17) is 10.5 Å². The van der Waals surface area contributed by atoms with Crippen LogP contribution in [0.1, 0.15) is 27.0 Å². The van der Waals surface area contributed by atoms with Gasteiger partial charge in [0.2, 0.25) is 5.91 Å². The summed E-state index contributed by atoms with van der Waals surface area (Å²) in [5.41, 5.74) is 8.82. The van der Waals surface area contributed by atoms with E-state index in [1.807, 2.05) is 66.7 Å². The largest absolute Gasteiger partial charge is 0.489 e. The number of ether oxygens (including phenoxy) is 1. The standard InChI is InChI=1S/C26H25N5O3/c27-25(32)16-30(26(33)23-10-6-21(7-11-23)15-31-19-28-18-29-31)14-20-8-12-24(13-9-20)34-17-22-4-2-1-3-5-22/h1-13,18-19H,14-17H2,(H2,27,32). The fourth-order valence-corrected chi connectivity index (χ4v) is 3.48. The lowest BCUT2D eigenvalue weighted by Gasteiger charge is -2.22. The molecular formula is C26H25N5O3. The van der Waals surface area contributed by atoms with E-state index in [1.54, 1.807) is 23.1 Å². The van der Waals surface area contributed by atoms with Gasteiger partial charge in [-0.25, -0.2) is 9.67 Å². The van der Waals surface area contributed by atoms with Crippen LogP contribution in [0.3, 0.4) is 0 Å². The number of carbonyl (C=O) groups excluding carboxylic acids is 2. The first-order valence-corrected chi connectivity index (χ1v) is 10.8. The van der Waals surface area contributed by atoms with E-state index in [2.05, 4.69) is 10.1 Å². The Morgan fingerprint density at radius 1 is 0.882 bits per heavy atom. The fraction of sp³-hybridized carbons (Fsp3) is 0.154. The topological polar surface area (TPSA) is 103 Å². The predicted molar refractivity (Wildman–Crippen MR) is 127 cm³/mol. The van der Waals surface area contributed by atoms with Crippen LogP contribution in [0.4, 0.5) is 0 Å². The van der Waals surface area contributed by atoms with Crippen molar-refractivity contribution in [2.75, 3.05) is 6.54 Å². The van der Waals surface area contributed by atoms with Crippen LogP contribution < -0.4 is 10.5 Å². The maximum absolute atomic E-state index is 13.1. The van der Waals surface area contributed by atoms with Gasteiger partial charge in [-0.15, -0.1) is 0 Å². The third-order valence-electron chi connectivity index (χ3n) is 5.19. The van der Waals surface area contributed by atoms with Gasteiger partial charge in [0, 0.05) is 12.1 Å². The van der Waals surface area contributed by atoms with E-state index < -0.39 is 5.91 Å². The van der Waals surface area contributed by atoms with Crippen LogP contribution in [0.25, 0.3) is 0 Å². The van der Waals surface area contributed by atoms with Crippen molar-refractivity contribution in [2.24, 2.45) is 5.73 Å². The van der Waals surface area contributed by atoms with Crippen LogP contribution in [0.2, 0.25) is 0 Å². The summed E-state index contributed by atoms with van der Waals surface area (Å²) in [5, 5.41) is 4.08. The number of nitrogens with two attached hydrogens (primary N) is 1. The Kier molecular flexibility index (Phi) is 7.29. The Bertz CT molecular complexity index is 1210. The Hall–Kier alpha value is -4.46. The van der Waals surface area contributed by atoms with Gasteiger partial charge in [0.25, 0.3) is 5.91 Å². The molecule has 3 aromatic carbocycles. The minimum atomic E-state index is -0.570. The minimum absolute atomic E-state index is 0.175. The van der Waals surface area contributed by atoms with E-state index >= 15 is 0 Å². The van der Waals surface area contributed by atoms with Gasteiger partial charge in [-0.05, 0) is 41.0 Å². The van der Waals surface area contributed by atoms with Gasteiger partial charge in [0.05, 0.1) is 13.1 Å². The van der Waals surface area contributed by atoms with Crippen LogP contribution in [0.5, 0.6) is 5.75 Å². The summed E-state index contributed by atoms with van der Waals surface area (Å²) in [6.07, 6.45) is 3.10. The highest BCUT2D eigenvalue weighted by Crippen LogP contribution is 2.17. The fourth-order valence-electron chi connectivity index (χ4n) is 3.48. The molecule has 0 saturated heterocycles. The zero-order valence-electron chi connectivity index (χ0n) is 18.6. The van der Waals surface area contributed by atoms with E-state index in [1.165, 1.54) is 11.2 Å². The minimum Gasteiger partial charge on any atom is -0.489 e. The molecule has 0 aliphatic heterocycles. The van der Waals surface area contributed by atoms with Gasteiger partial charge in [-0.2, -0.15) is 5.10 Å². The zero-order chi connectivity index (χ0) is 23.8. The number of hydrogen-bond acceptors (Lipinski definition) is 5. The molecule has 2 amide bonds. The van der Waals surface area contributed by atoms with Gasteiger partial charge < -0.3 is 15.4 Å².